The molecule has 0 saturated carbocycles. The number of amides is 4. The minimum absolute atomic E-state index is 0.156. The van der Waals surface area contributed by atoms with Gasteiger partial charge in [-0.1, -0.05) is 35.3 Å². The van der Waals surface area contributed by atoms with Gasteiger partial charge >= 0.3 is 6.03 Å². The predicted octanol–water partition coefficient (Wildman–Crippen LogP) is 3.11. The second kappa shape index (κ2) is 7.09. The highest BCUT2D eigenvalue weighted by Crippen LogP contribution is 2.29. The Hall–Kier alpha value is -2.77. The van der Waals surface area contributed by atoms with Crippen LogP contribution in [-0.4, -0.2) is 30.0 Å². The average Bonchev–Trinajstić information content (AvgIpc) is 2.88. The maximum Gasteiger partial charge on any atom is 0.344 e. The zero-order valence-electron chi connectivity index (χ0n) is 14.4. The Morgan fingerprint density at radius 3 is 2.37 bits per heavy atom. The van der Waals surface area contributed by atoms with Crippen molar-refractivity contribution in [2.45, 2.75) is 12.5 Å². The summed E-state index contributed by atoms with van der Waals surface area (Å²) in [7, 11) is 1.53. The SMILES string of the molecule is COc1ccc([C@]2(C)NC(=O)N(NC(=O)c3ccc(Cl)c(Cl)c3)C2=O)cc1. The van der Waals surface area contributed by atoms with Gasteiger partial charge in [0.2, 0.25) is 0 Å². The van der Waals surface area contributed by atoms with Crippen LogP contribution in [0.25, 0.3) is 0 Å². The molecule has 9 heteroatoms. The molecule has 0 aromatic heterocycles. The average molecular weight is 408 g/mol. The van der Waals surface area contributed by atoms with Crippen molar-refractivity contribution >= 4 is 41.0 Å². The van der Waals surface area contributed by atoms with Crippen LogP contribution in [0.4, 0.5) is 4.79 Å². The lowest BCUT2D eigenvalue weighted by atomic mass is 9.92. The highest BCUT2D eigenvalue weighted by Gasteiger charge is 2.50. The smallest absolute Gasteiger partial charge is 0.344 e. The Balaban J connectivity index is 1.82. The molecule has 0 radical (unpaired) electrons. The maximum atomic E-state index is 12.8. The number of hydrogen-bond donors (Lipinski definition) is 2. The molecular formula is C18H15Cl2N3O4. The van der Waals surface area contributed by atoms with Crippen molar-refractivity contribution in [3.63, 3.8) is 0 Å². The first-order valence-corrected chi connectivity index (χ1v) is 8.59. The summed E-state index contributed by atoms with van der Waals surface area (Å²) in [6, 6.07) is 10.2. The normalized spacial score (nSPS) is 19.0. The van der Waals surface area contributed by atoms with Crippen LogP contribution in [0.3, 0.4) is 0 Å². The van der Waals surface area contributed by atoms with E-state index >= 15 is 0 Å². The third-order valence-corrected chi connectivity index (χ3v) is 4.99. The van der Waals surface area contributed by atoms with Crippen molar-refractivity contribution in [3.8, 4) is 5.75 Å². The lowest BCUT2D eigenvalue weighted by molar-refractivity contribution is -0.132. The quantitative estimate of drug-likeness (QED) is 0.762. The van der Waals surface area contributed by atoms with E-state index < -0.39 is 23.4 Å². The fraction of sp³-hybridized carbons (Fsp3) is 0.167. The molecule has 0 aliphatic carbocycles. The molecular weight excluding hydrogens is 393 g/mol. The molecule has 4 amide bonds. The first-order chi connectivity index (χ1) is 12.8. The molecule has 1 saturated heterocycles. The van der Waals surface area contributed by atoms with Crippen LogP contribution in [0.1, 0.15) is 22.8 Å². The topological polar surface area (TPSA) is 87.7 Å². The Bertz CT molecular complexity index is 933. The molecule has 2 aromatic rings. The number of methoxy groups -OCH3 is 1. The van der Waals surface area contributed by atoms with Crippen LogP contribution in [-0.2, 0) is 10.3 Å². The Labute approximate surface area is 165 Å². The molecule has 1 aliphatic heterocycles. The minimum atomic E-state index is -1.33. The van der Waals surface area contributed by atoms with Crippen molar-refractivity contribution in [2.24, 2.45) is 0 Å². The molecule has 1 fully saturated rings. The number of hydrazine groups is 1. The summed E-state index contributed by atoms with van der Waals surface area (Å²) in [5.41, 5.74) is 1.67. The first kappa shape index (κ1) is 19.0. The number of nitrogens with one attached hydrogen (secondary N) is 2. The van der Waals surface area contributed by atoms with E-state index in [2.05, 4.69) is 10.7 Å². The van der Waals surface area contributed by atoms with Crippen LogP contribution >= 0.6 is 23.2 Å². The number of rotatable bonds is 4. The molecule has 1 aliphatic rings. The van der Waals surface area contributed by atoms with E-state index in [4.69, 9.17) is 27.9 Å². The van der Waals surface area contributed by atoms with E-state index in [0.29, 0.717) is 16.3 Å². The van der Waals surface area contributed by atoms with Crippen LogP contribution in [0, 0.1) is 0 Å². The van der Waals surface area contributed by atoms with Gasteiger partial charge in [-0.25, -0.2) is 4.79 Å². The number of urea groups is 1. The van der Waals surface area contributed by atoms with Gasteiger partial charge in [-0.2, -0.15) is 5.01 Å². The summed E-state index contributed by atoms with van der Waals surface area (Å²) in [5.74, 6) is -0.675. The van der Waals surface area contributed by atoms with E-state index in [-0.39, 0.29) is 15.6 Å². The van der Waals surface area contributed by atoms with Gasteiger partial charge in [0.15, 0.2) is 0 Å². The van der Waals surface area contributed by atoms with Gasteiger partial charge in [0.05, 0.1) is 17.2 Å². The van der Waals surface area contributed by atoms with Gasteiger partial charge in [0, 0.05) is 5.56 Å². The molecule has 3 rings (SSSR count). The third-order valence-electron chi connectivity index (χ3n) is 4.25. The van der Waals surface area contributed by atoms with Crippen molar-refractivity contribution in [3.05, 3.63) is 63.6 Å². The van der Waals surface area contributed by atoms with E-state index in [0.717, 1.165) is 0 Å². The third kappa shape index (κ3) is 3.43. The van der Waals surface area contributed by atoms with Crippen LogP contribution in [0.5, 0.6) is 5.75 Å². The zero-order valence-corrected chi connectivity index (χ0v) is 15.9. The molecule has 1 atom stereocenters. The lowest BCUT2D eigenvalue weighted by Crippen LogP contribution is -2.47. The lowest BCUT2D eigenvalue weighted by Gasteiger charge is -2.22. The van der Waals surface area contributed by atoms with Crippen LogP contribution < -0.4 is 15.5 Å². The monoisotopic (exact) mass is 407 g/mol. The summed E-state index contributed by atoms with van der Waals surface area (Å²) in [6.45, 7) is 1.56. The number of ether oxygens (including phenoxy) is 1. The van der Waals surface area contributed by atoms with Crippen molar-refractivity contribution in [1.82, 2.24) is 15.8 Å². The molecule has 2 N–H and O–H groups in total. The standard InChI is InChI=1S/C18H15Cl2N3O4/c1-18(11-4-6-12(27-2)7-5-11)16(25)23(17(26)21-18)22-15(24)10-3-8-13(19)14(20)9-10/h3-9H,1-2H3,(H,21,26)(H,22,24)/t18-/m0/s1. The van der Waals surface area contributed by atoms with Crippen LogP contribution in [0.2, 0.25) is 10.0 Å². The number of hydrogen-bond acceptors (Lipinski definition) is 4. The number of nitrogens with zero attached hydrogens (tertiary/aromatic N) is 1. The molecule has 7 nitrogen and oxygen atoms in total. The van der Waals surface area contributed by atoms with Gasteiger partial charge in [0.1, 0.15) is 11.3 Å². The second-order valence-corrected chi connectivity index (χ2v) is 6.81. The number of imide groups is 1. The molecule has 27 heavy (non-hydrogen) atoms. The van der Waals surface area contributed by atoms with E-state index in [1.54, 1.807) is 31.2 Å². The summed E-state index contributed by atoms with van der Waals surface area (Å²) >= 11 is 11.7. The summed E-state index contributed by atoms with van der Waals surface area (Å²) in [5, 5.41) is 3.72. The van der Waals surface area contributed by atoms with E-state index in [9.17, 15) is 14.4 Å². The maximum absolute atomic E-state index is 12.8. The van der Waals surface area contributed by atoms with E-state index in [1.807, 2.05) is 0 Å². The highest BCUT2D eigenvalue weighted by molar-refractivity contribution is 6.42. The number of carbonyl (C=O) groups is 3. The molecule has 0 unspecified atom stereocenters. The molecule has 0 spiro atoms. The number of benzene rings is 2. The van der Waals surface area contributed by atoms with Crippen molar-refractivity contribution in [1.29, 1.82) is 0 Å². The summed E-state index contributed by atoms with van der Waals surface area (Å²) in [6.07, 6.45) is 0. The molecule has 0 bridgehead atoms. The highest BCUT2D eigenvalue weighted by atomic mass is 35.5. The predicted molar refractivity (Wildman–Crippen MR) is 99.7 cm³/mol. The summed E-state index contributed by atoms with van der Waals surface area (Å²) < 4.78 is 5.09. The number of halogens is 2. The fourth-order valence-electron chi connectivity index (χ4n) is 2.66. The van der Waals surface area contributed by atoms with Gasteiger partial charge in [-0.15, -0.1) is 0 Å². The molecule has 2 aromatic carbocycles. The van der Waals surface area contributed by atoms with Crippen molar-refractivity contribution < 1.29 is 19.1 Å². The Kier molecular flexibility index (Phi) is 4.99. The Morgan fingerprint density at radius 2 is 1.78 bits per heavy atom. The second-order valence-electron chi connectivity index (χ2n) is 5.99. The zero-order chi connectivity index (χ0) is 19.8. The van der Waals surface area contributed by atoms with Gasteiger partial charge in [-0.05, 0) is 42.8 Å². The van der Waals surface area contributed by atoms with Gasteiger partial charge in [0.25, 0.3) is 11.8 Å². The van der Waals surface area contributed by atoms with Crippen molar-refractivity contribution in [2.75, 3.05) is 7.11 Å². The van der Waals surface area contributed by atoms with Crippen LogP contribution in [0.15, 0.2) is 42.5 Å². The van der Waals surface area contributed by atoms with E-state index in [1.165, 1.54) is 25.3 Å². The molecule has 1 heterocycles. The number of carbonyl (C=O) groups excluding carboxylic acids is 3. The van der Waals surface area contributed by atoms with Gasteiger partial charge in [-0.3, -0.25) is 15.0 Å². The molecule has 140 valence electrons. The Morgan fingerprint density at radius 1 is 1.11 bits per heavy atom. The largest absolute Gasteiger partial charge is 0.497 e. The fourth-order valence-corrected chi connectivity index (χ4v) is 2.96. The summed E-state index contributed by atoms with van der Waals surface area (Å²) in [4.78, 5) is 37.5. The first-order valence-electron chi connectivity index (χ1n) is 7.83. The van der Waals surface area contributed by atoms with Gasteiger partial charge < -0.3 is 10.1 Å². The minimum Gasteiger partial charge on any atom is -0.497 e.